The van der Waals surface area contributed by atoms with E-state index in [-0.39, 0.29) is 10.7 Å². The van der Waals surface area contributed by atoms with E-state index in [1.54, 1.807) is 36.4 Å². The fraction of sp³-hybridized carbons (Fsp3) is 0.154. The predicted molar refractivity (Wildman–Crippen MR) is 70.3 cm³/mol. The van der Waals surface area contributed by atoms with Gasteiger partial charge in [-0.05, 0) is 36.4 Å². The number of sulfone groups is 1. The molecular weight excluding hydrogens is 264 g/mol. The second-order valence-corrected chi connectivity index (χ2v) is 6.04. The molecule has 1 N–H and O–H groups in total. The Morgan fingerprint density at radius 1 is 1.21 bits per heavy atom. The molecule has 6 heteroatoms. The van der Waals surface area contributed by atoms with Gasteiger partial charge in [-0.25, -0.2) is 8.42 Å². The van der Waals surface area contributed by atoms with Crippen molar-refractivity contribution < 1.29 is 12.8 Å². The minimum Gasteiger partial charge on any atom is -0.449 e. The molecule has 0 atom stereocenters. The molecule has 0 unspecified atom stereocenters. The van der Waals surface area contributed by atoms with Gasteiger partial charge in [-0.3, -0.25) is 0 Å². The van der Waals surface area contributed by atoms with Crippen LogP contribution < -0.4 is 5.32 Å². The third-order valence-corrected chi connectivity index (χ3v) is 3.65. The Balaban J connectivity index is 2.03. The highest BCUT2D eigenvalue weighted by Crippen LogP contribution is 2.15. The van der Waals surface area contributed by atoms with E-state index in [2.05, 4.69) is 5.32 Å². The normalized spacial score (nSPS) is 10.9. The van der Waals surface area contributed by atoms with E-state index in [9.17, 15) is 8.42 Å². The molecule has 1 heterocycles. The first-order valence-electron chi connectivity index (χ1n) is 5.52. The van der Waals surface area contributed by atoms with Crippen LogP contribution in [0.5, 0.6) is 0 Å². The van der Waals surface area contributed by atoms with E-state index in [1.807, 2.05) is 6.07 Å². The zero-order valence-corrected chi connectivity index (χ0v) is 11.1. The summed E-state index contributed by atoms with van der Waals surface area (Å²) in [5, 5.41) is 11.7. The first-order valence-corrected chi connectivity index (χ1v) is 7.41. The quantitative estimate of drug-likeness (QED) is 0.925. The van der Waals surface area contributed by atoms with Crippen molar-refractivity contribution in [1.29, 1.82) is 5.26 Å². The standard InChI is InChI=1S/C13H12N2O3S/c1-19(16,17)13-6-2-10(3-7-13)15-9-12-5-4-11(8-14)18-12/h2-7,15H,9H2,1H3. The van der Waals surface area contributed by atoms with E-state index < -0.39 is 9.84 Å². The highest BCUT2D eigenvalue weighted by Gasteiger charge is 2.06. The summed E-state index contributed by atoms with van der Waals surface area (Å²) in [6, 6.07) is 11.7. The molecule has 0 fully saturated rings. The maximum Gasteiger partial charge on any atom is 0.203 e. The molecule has 2 aromatic rings. The maximum atomic E-state index is 11.3. The molecule has 0 aliphatic rings. The Morgan fingerprint density at radius 2 is 1.89 bits per heavy atom. The van der Waals surface area contributed by atoms with Crippen LogP contribution in [-0.4, -0.2) is 14.7 Å². The highest BCUT2D eigenvalue weighted by atomic mass is 32.2. The monoisotopic (exact) mass is 276 g/mol. The minimum absolute atomic E-state index is 0.268. The van der Waals surface area contributed by atoms with Gasteiger partial charge in [0, 0.05) is 11.9 Å². The predicted octanol–water partition coefficient (Wildman–Crippen LogP) is 2.17. The van der Waals surface area contributed by atoms with Crippen LogP contribution in [-0.2, 0) is 16.4 Å². The lowest BCUT2D eigenvalue weighted by Gasteiger charge is -2.05. The van der Waals surface area contributed by atoms with Gasteiger partial charge < -0.3 is 9.73 Å². The molecule has 0 saturated heterocycles. The summed E-state index contributed by atoms with van der Waals surface area (Å²) < 4.78 is 27.8. The average Bonchev–Trinajstić information content (AvgIpc) is 2.84. The number of hydrogen-bond donors (Lipinski definition) is 1. The SMILES string of the molecule is CS(=O)(=O)c1ccc(NCc2ccc(C#N)o2)cc1. The van der Waals surface area contributed by atoms with Gasteiger partial charge in [-0.15, -0.1) is 0 Å². The Kier molecular flexibility index (Phi) is 3.58. The minimum atomic E-state index is -3.17. The van der Waals surface area contributed by atoms with Crippen LogP contribution in [0.25, 0.3) is 0 Å². The lowest BCUT2D eigenvalue weighted by atomic mass is 10.3. The van der Waals surface area contributed by atoms with Crippen LogP contribution in [0.15, 0.2) is 45.7 Å². The summed E-state index contributed by atoms with van der Waals surface area (Å²) in [7, 11) is -3.17. The molecule has 0 aliphatic heterocycles. The van der Waals surface area contributed by atoms with Crippen LogP contribution in [0.3, 0.4) is 0 Å². The molecular formula is C13H12N2O3S. The van der Waals surface area contributed by atoms with E-state index >= 15 is 0 Å². The lowest BCUT2D eigenvalue weighted by molar-refractivity contribution is 0.506. The van der Waals surface area contributed by atoms with Gasteiger partial charge in [0.15, 0.2) is 9.84 Å². The van der Waals surface area contributed by atoms with Crippen molar-refractivity contribution in [3.05, 3.63) is 47.9 Å². The third-order valence-electron chi connectivity index (χ3n) is 2.52. The van der Waals surface area contributed by atoms with Gasteiger partial charge in [0.05, 0.1) is 11.4 Å². The highest BCUT2D eigenvalue weighted by molar-refractivity contribution is 7.90. The number of rotatable bonds is 4. The number of furan rings is 1. The summed E-state index contributed by atoms with van der Waals surface area (Å²) in [6.07, 6.45) is 1.17. The molecule has 0 spiro atoms. The molecule has 2 rings (SSSR count). The molecule has 98 valence electrons. The van der Waals surface area contributed by atoms with Gasteiger partial charge in [0.2, 0.25) is 5.76 Å². The first-order chi connectivity index (χ1) is 8.99. The van der Waals surface area contributed by atoms with Crippen molar-refractivity contribution in [2.75, 3.05) is 11.6 Å². The van der Waals surface area contributed by atoms with Gasteiger partial charge >= 0.3 is 0 Å². The van der Waals surface area contributed by atoms with Crippen LogP contribution in [0.4, 0.5) is 5.69 Å². The Bertz CT molecular complexity index is 709. The second kappa shape index (κ2) is 5.16. The summed E-state index contributed by atoms with van der Waals surface area (Å²) in [4.78, 5) is 0.280. The van der Waals surface area contributed by atoms with E-state index in [4.69, 9.17) is 9.68 Å². The van der Waals surface area contributed by atoms with Gasteiger partial charge in [0.1, 0.15) is 11.8 Å². The Morgan fingerprint density at radius 3 is 2.42 bits per heavy atom. The van der Waals surface area contributed by atoms with E-state index in [1.165, 1.54) is 6.26 Å². The summed E-state index contributed by atoms with van der Waals surface area (Å²) in [5.74, 6) is 0.910. The van der Waals surface area contributed by atoms with Crippen LogP contribution >= 0.6 is 0 Å². The Hall–Kier alpha value is -2.26. The van der Waals surface area contributed by atoms with Crippen molar-refractivity contribution in [1.82, 2.24) is 0 Å². The number of nitrogens with one attached hydrogen (secondary N) is 1. The molecule has 0 saturated carbocycles. The molecule has 0 amide bonds. The zero-order valence-electron chi connectivity index (χ0n) is 10.3. The van der Waals surface area contributed by atoms with Crippen molar-refractivity contribution in [3.63, 3.8) is 0 Å². The molecule has 19 heavy (non-hydrogen) atoms. The van der Waals surface area contributed by atoms with Crippen LogP contribution in [0.1, 0.15) is 11.5 Å². The van der Waals surface area contributed by atoms with E-state index in [0.29, 0.717) is 12.3 Å². The van der Waals surface area contributed by atoms with Crippen molar-refractivity contribution in [2.45, 2.75) is 11.4 Å². The number of hydrogen-bond acceptors (Lipinski definition) is 5. The average molecular weight is 276 g/mol. The molecule has 0 radical (unpaired) electrons. The first kappa shape index (κ1) is 13.2. The lowest BCUT2D eigenvalue weighted by Crippen LogP contribution is -2.00. The molecule has 1 aromatic carbocycles. The third kappa shape index (κ3) is 3.36. The number of anilines is 1. The van der Waals surface area contributed by atoms with Gasteiger partial charge in [0.25, 0.3) is 0 Å². The van der Waals surface area contributed by atoms with Crippen LogP contribution in [0, 0.1) is 11.3 Å². The molecule has 1 aromatic heterocycles. The summed E-state index contributed by atoms with van der Waals surface area (Å²) in [6.45, 7) is 0.430. The van der Waals surface area contributed by atoms with E-state index in [0.717, 1.165) is 5.69 Å². The fourth-order valence-electron chi connectivity index (χ4n) is 1.54. The van der Waals surface area contributed by atoms with Crippen molar-refractivity contribution in [2.24, 2.45) is 0 Å². The Labute approximate surface area is 111 Å². The topological polar surface area (TPSA) is 83.1 Å². The number of nitrogens with zero attached hydrogens (tertiary/aromatic N) is 1. The van der Waals surface area contributed by atoms with Gasteiger partial charge in [-0.1, -0.05) is 0 Å². The molecule has 0 bridgehead atoms. The molecule has 5 nitrogen and oxygen atoms in total. The second-order valence-electron chi connectivity index (χ2n) is 4.03. The van der Waals surface area contributed by atoms with Gasteiger partial charge in [-0.2, -0.15) is 5.26 Å². The summed E-state index contributed by atoms with van der Waals surface area (Å²) >= 11 is 0. The smallest absolute Gasteiger partial charge is 0.203 e. The maximum absolute atomic E-state index is 11.3. The largest absolute Gasteiger partial charge is 0.449 e. The number of nitriles is 1. The fourth-order valence-corrected chi connectivity index (χ4v) is 2.17. The molecule has 0 aliphatic carbocycles. The van der Waals surface area contributed by atoms with Crippen LogP contribution in [0.2, 0.25) is 0 Å². The summed E-state index contributed by atoms with van der Waals surface area (Å²) in [5.41, 5.74) is 0.780. The number of benzene rings is 1. The van der Waals surface area contributed by atoms with Crippen molar-refractivity contribution in [3.8, 4) is 6.07 Å². The zero-order chi connectivity index (χ0) is 13.9. The van der Waals surface area contributed by atoms with Crippen molar-refractivity contribution >= 4 is 15.5 Å².